The molecule has 0 heterocycles. The molecule has 4 heteroatoms. The highest BCUT2D eigenvalue weighted by Crippen LogP contribution is 2.14. The average Bonchev–Trinajstić information content (AvgIpc) is 2.46. The summed E-state index contributed by atoms with van der Waals surface area (Å²) in [6, 6.07) is 7.32. The molecule has 1 aromatic rings. The Labute approximate surface area is 114 Å². The lowest BCUT2D eigenvalue weighted by atomic mass is 9.97. The van der Waals surface area contributed by atoms with Crippen LogP contribution < -0.4 is 5.32 Å². The fourth-order valence-corrected chi connectivity index (χ4v) is 1.91. The number of aliphatic hydroxyl groups is 1. The minimum atomic E-state index is -0.680. The lowest BCUT2D eigenvalue weighted by Gasteiger charge is -2.25. The Kier molecular flexibility index (Phi) is 5.99. The van der Waals surface area contributed by atoms with Gasteiger partial charge in [-0.2, -0.15) is 0 Å². The first-order valence-electron chi connectivity index (χ1n) is 6.65. The van der Waals surface area contributed by atoms with Gasteiger partial charge < -0.3 is 15.2 Å². The van der Waals surface area contributed by atoms with Crippen LogP contribution in [0.1, 0.15) is 42.6 Å². The molecule has 0 saturated heterocycles. The molecular formula is C15H23NO3. The SMILES string of the molecule is CCC(O)(CC)CNCc1ccccc1C(=O)OC. The van der Waals surface area contributed by atoms with E-state index in [4.69, 9.17) is 4.74 Å². The lowest BCUT2D eigenvalue weighted by Crippen LogP contribution is -2.39. The minimum absolute atomic E-state index is 0.335. The third-order valence-electron chi connectivity index (χ3n) is 3.51. The zero-order valence-corrected chi connectivity index (χ0v) is 11.9. The van der Waals surface area contributed by atoms with Gasteiger partial charge in [0.15, 0.2) is 0 Å². The molecule has 0 aliphatic rings. The minimum Gasteiger partial charge on any atom is -0.465 e. The second kappa shape index (κ2) is 7.26. The molecule has 1 aromatic carbocycles. The number of hydrogen-bond donors (Lipinski definition) is 2. The Balaban J connectivity index is 2.66. The Morgan fingerprint density at radius 1 is 1.32 bits per heavy atom. The van der Waals surface area contributed by atoms with Gasteiger partial charge in [0.05, 0.1) is 18.3 Å². The van der Waals surface area contributed by atoms with Gasteiger partial charge >= 0.3 is 5.97 Å². The highest BCUT2D eigenvalue weighted by atomic mass is 16.5. The molecule has 106 valence electrons. The number of esters is 1. The molecule has 2 N–H and O–H groups in total. The van der Waals surface area contributed by atoms with Gasteiger partial charge in [-0.15, -0.1) is 0 Å². The number of nitrogens with one attached hydrogen (secondary N) is 1. The molecule has 0 aliphatic carbocycles. The number of hydrogen-bond acceptors (Lipinski definition) is 4. The number of methoxy groups -OCH3 is 1. The van der Waals surface area contributed by atoms with Crippen molar-refractivity contribution in [1.29, 1.82) is 0 Å². The first kappa shape index (κ1) is 15.7. The second-order valence-corrected chi connectivity index (χ2v) is 4.68. The van der Waals surface area contributed by atoms with Crippen LogP contribution >= 0.6 is 0 Å². The summed E-state index contributed by atoms with van der Waals surface area (Å²) in [5.41, 5.74) is 0.762. The molecule has 0 radical (unpaired) electrons. The molecule has 1 rings (SSSR count). The molecule has 0 atom stereocenters. The van der Waals surface area contributed by atoms with Crippen LogP contribution in [0.15, 0.2) is 24.3 Å². The van der Waals surface area contributed by atoms with Crippen LogP contribution in [0, 0.1) is 0 Å². The van der Waals surface area contributed by atoms with Crippen LogP contribution in [-0.4, -0.2) is 30.3 Å². The molecule has 0 aromatic heterocycles. The Bertz CT molecular complexity index is 414. The number of benzene rings is 1. The Hall–Kier alpha value is -1.39. The maximum atomic E-state index is 11.6. The smallest absolute Gasteiger partial charge is 0.338 e. The van der Waals surface area contributed by atoms with E-state index in [2.05, 4.69) is 5.32 Å². The maximum Gasteiger partial charge on any atom is 0.338 e. The first-order valence-corrected chi connectivity index (χ1v) is 6.65. The van der Waals surface area contributed by atoms with Gasteiger partial charge in [0.25, 0.3) is 0 Å². The molecule has 0 aliphatic heterocycles. The third kappa shape index (κ3) is 4.33. The molecule has 0 unspecified atom stereocenters. The van der Waals surface area contributed by atoms with E-state index < -0.39 is 5.60 Å². The summed E-state index contributed by atoms with van der Waals surface area (Å²) < 4.78 is 4.75. The Morgan fingerprint density at radius 2 is 1.95 bits per heavy atom. The van der Waals surface area contributed by atoms with E-state index in [1.165, 1.54) is 7.11 Å². The van der Waals surface area contributed by atoms with Gasteiger partial charge in [-0.1, -0.05) is 32.0 Å². The summed E-state index contributed by atoms with van der Waals surface area (Å²) in [6.45, 7) is 4.98. The van der Waals surface area contributed by atoms with Gasteiger partial charge in [0.1, 0.15) is 0 Å². The normalized spacial score (nSPS) is 11.4. The van der Waals surface area contributed by atoms with Crippen molar-refractivity contribution in [3.8, 4) is 0 Å². The highest BCUT2D eigenvalue weighted by Gasteiger charge is 2.21. The van der Waals surface area contributed by atoms with Crippen molar-refractivity contribution in [3.63, 3.8) is 0 Å². The predicted molar refractivity (Wildman–Crippen MR) is 75.0 cm³/mol. The molecule has 0 spiro atoms. The fourth-order valence-electron chi connectivity index (χ4n) is 1.91. The summed E-state index contributed by atoms with van der Waals surface area (Å²) in [5, 5.41) is 13.4. The van der Waals surface area contributed by atoms with Crippen LogP contribution in [0.25, 0.3) is 0 Å². The van der Waals surface area contributed by atoms with E-state index in [0.717, 1.165) is 5.56 Å². The van der Waals surface area contributed by atoms with Crippen molar-refractivity contribution in [2.45, 2.75) is 38.8 Å². The molecule has 0 fully saturated rings. The monoisotopic (exact) mass is 265 g/mol. The van der Waals surface area contributed by atoms with Crippen molar-refractivity contribution in [2.75, 3.05) is 13.7 Å². The van der Waals surface area contributed by atoms with Gasteiger partial charge in [-0.25, -0.2) is 4.79 Å². The average molecular weight is 265 g/mol. The van der Waals surface area contributed by atoms with Crippen LogP contribution in [0.3, 0.4) is 0 Å². The van der Waals surface area contributed by atoms with Crippen molar-refractivity contribution < 1.29 is 14.6 Å². The van der Waals surface area contributed by atoms with Gasteiger partial charge in [-0.05, 0) is 24.5 Å². The highest BCUT2D eigenvalue weighted by molar-refractivity contribution is 5.90. The molecule has 0 bridgehead atoms. The summed E-state index contributed by atoms with van der Waals surface area (Å²) in [6.07, 6.45) is 1.41. The predicted octanol–water partition coefficient (Wildman–Crippen LogP) is 2.11. The van der Waals surface area contributed by atoms with E-state index in [0.29, 0.717) is 31.5 Å². The van der Waals surface area contributed by atoms with E-state index in [9.17, 15) is 9.90 Å². The van der Waals surface area contributed by atoms with E-state index in [1.54, 1.807) is 6.07 Å². The van der Waals surface area contributed by atoms with E-state index in [-0.39, 0.29) is 5.97 Å². The maximum absolute atomic E-state index is 11.6. The fraction of sp³-hybridized carbons (Fsp3) is 0.533. The summed E-state index contributed by atoms with van der Waals surface area (Å²) in [5.74, 6) is -0.335. The van der Waals surface area contributed by atoms with Gasteiger partial charge in [0, 0.05) is 13.1 Å². The van der Waals surface area contributed by atoms with Crippen molar-refractivity contribution in [1.82, 2.24) is 5.32 Å². The lowest BCUT2D eigenvalue weighted by molar-refractivity contribution is 0.0323. The third-order valence-corrected chi connectivity index (χ3v) is 3.51. The van der Waals surface area contributed by atoms with Crippen LogP contribution in [-0.2, 0) is 11.3 Å². The molecule has 0 amide bonds. The van der Waals surface area contributed by atoms with Crippen LogP contribution in [0.2, 0.25) is 0 Å². The van der Waals surface area contributed by atoms with E-state index >= 15 is 0 Å². The Morgan fingerprint density at radius 3 is 2.53 bits per heavy atom. The summed E-state index contributed by atoms with van der Waals surface area (Å²) >= 11 is 0. The zero-order chi connectivity index (χ0) is 14.3. The van der Waals surface area contributed by atoms with Crippen molar-refractivity contribution in [2.24, 2.45) is 0 Å². The van der Waals surface area contributed by atoms with Crippen molar-refractivity contribution in [3.05, 3.63) is 35.4 Å². The molecule has 0 saturated carbocycles. The van der Waals surface area contributed by atoms with Gasteiger partial charge in [0.2, 0.25) is 0 Å². The topological polar surface area (TPSA) is 58.6 Å². The number of ether oxygens (including phenoxy) is 1. The molecule has 19 heavy (non-hydrogen) atoms. The standard InChI is InChI=1S/C15H23NO3/c1-4-15(18,5-2)11-16-10-12-8-6-7-9-13(12)14(17)19-3/h6-9,16,18H,4-5,10-11H2,1-3H3. The van der Waals surface area contributed by atoms with E-state index in [1.807, 2.05) is 32.0 Å². The first-order chi connectivity index (χ1) is 9.06. The number of rotatable bonds is 7. The van der Waals surface area contributed by atoms with Crippen LogP contribution in [0.4, 0.5) is 0 Å². The van der Waals surface area contributed by atoms with Crippen molar-refractivity contribution >= 4 is 5.97 Å². The second-order valence-electron chi connectivity index (χ2n) is 4.68. The van der Waals surface area contributed by atoms with Gasteiger partial charge in [-0.3, -0.25) is 0 Å². The largest absolute Gasteiger partial charge is 0.465 e. The quantitative estimate of drug-likeness (QED) is 0.741. The molecular weight excluding hydrogens is 242 g/mol. The molecule has 4 nitrogen and oxygen atoms in total. The zero-order valence-electron chi connectivity index (χ0n) is 11.9. The number of carbonyl (C=O) groups excluding carboxylic acids is 1. The summed E-state index contributed by atoms with van der Waals surface area (Å²) in [7, 11) is 1.37. The summed E-state index contributed by atoms with van der Waals surface area (Å²) in [4.78, 5) is 11.6. The number of carbonyl (C=O) groups is 1. The van der Waals surface area contributed by atoms with Crippen LogP contribution in [0.5, 0.6) is 0 Å².